The zero-order chi connectivity index (χ0) is 8.81. The molecule has 12 heavy (non-hydrogen) atoms. The third-order valence-corrected chi connectivity index (χ3v) is 2.18. The van der Waals surface area contributed by atoms with Crippen molar-refractivity contribution in [2.75, 3.05) is 0 Å². The first-order valence-corrected chi connectivity index (χ1v) is 4.24. The molecule has 0 unspecified atom stereocenters. The van der Waals surface area contributed by atoms with Gasteiger partial charge < -0.3 is 5.11 Å². The van der Waals surface area contributed by atoms with Gasteiger partial charge in [0, 0.05) is 4.88 Å². The van der Waals surface area contributed by atoms with Gasteiger partial charge in [-0.25, -0.2) is 0 Å². The van der Waals surface area contributed by atoms with Crippen molar-refractivity contribution in [2.24, 2.45) is 0 Å². The lowest BCUT2D eigenvalue weighted by Crippen LogP contribution is -1.69. The van der Waals surface area contributed by atoms with Gasteiger partial charge in [-0.1, -0.05) is 11.8 Å². The number of thiophene rings is 1. The maximum atomic E-state index is 8.73. The second-order valence-electron chi connectivity index (χ2n) is 2.06. The molecule has 1 aromatic rings. The highest BCUT2D eigenvalue weighted by Gasteiger charge is 1.93. The molecular formula is C9H7NOS. The molecule has 0 amide bonds. The Balaban J connectivity index is 2.67. The molecule has 0 radical (unpaired) electrons. The molecule has 2 nitrogen and oxygen atoms in total. The van der Waals surface area contributed by atoms with Crippen molar-refractivity contribution in [3.8, 4) is 17.9 Å². The highest BCUT2D eigenvalue weighted by atomic mass is 32.1. The van der Waals surface area contributed by atoms with Crippen LogP contribution < -0.4 is 0 Å². The molecule has 0 fully saturated rings. The van der Waals surface area contributed by atoms with Gasteiger partial charge in [0.15, 0.2) is 0 Å². The molecular weight excluding hydrogens is 170 g/mol. The summed E-state index contributed by atoms with van der Waals surface area (Å²) in [7, 11) is 0. The van der Waals surface area contributed by atoms with Crippen molar-refractivity contribution in [2.45, 2.75) is 13.0 Å². The summed E-state index contributed by atoms with van der Waals surface area (Å²) in [5.41, 5.74) is 0. The van der Waals surface area contributed by atoms with Crippen LogP contribution in [0.3, 0.4) is 0 Å². The Morgan fingerprint density at radius 2 is 2.33 bits per heavy atom. The summed E-state index contributed by atoms with van der Waals surface area (Å²) in [6.07, 6.45) is 0.256. The number of aliphatic hydroxyl groups is 1. The van der Waals surface area contributed by atoms with Crippen molar-refractivity contribution in [1.82, 2.24) is 0 Å². The molecule has 1 aromatic heterocycles. The first kappa shape index (κ1) is 8.80. The van der Waals surface area contributed by atoms with Crippen LogP contribution in [-0.2, 0) is 6.61 Å². The van der Waals surface area contributed by atoms with Crippen LogP contribution in [0.4, 0.5) is 0 Å². The summed E-state index contributed by atoms with van der Waals surface area (Å²) in [6, 6.07) is 5.62. The first-order valence-electron chi connectivity index (χ1n) is 3.42. The van der Waals surface area contributed by atoms with Gasteiger partial charge in [0.05, 0.1) is 24.0 Å². The molecule has 0 saturated carbocycles. The van der Waals surface area contributed by atoms with E-state index in [1.807, 2.05) is 18.2 Å². The van der Waals surface area contributed by atoms with Crippen LogP contribution >= 0.6 is 11.3 Å². The molecule has 0 aliphatic carbocycles. The summed E-state index contributed by atoms with van der Waals surface area (Å²) in [6.45, 7) is 0.0601. The molecule has 1 heterocycles. The molecule has 0 aliphatic rings. The van der Waals surface area contributed by atoms with Crippen LogP contribution in [0.5, 0.6) is 0 Å². The lowest BCUT2D eigenvalue weighted by Gasteiger charge is -1.80. The third-order valence-electron chi connectivity index (χ3n) is 1.20. The van der Waals surface area contributed by atoms with Gasteiger partial charge in [-0.15, -0.1) is 11.3 Å². The summed E-state index contributed by atoms with van der Waals surface area (Å²) in [5, 5.41) is 16.9. The van der Waals surface area contributed by atoms with E-state index < -0.39 is 0 Å². The Hall–Kier alpha value is -1.29. The highest BCUT2D eigenvalue weighted by molar-refractivity contribution is 7.12. The number of nitriles is 1. The van der Waals surface area contributed by atoms with Crippen LogP contribution in [0.1, 0.15) is 16.2 Å². The largest absolute Gasteiger partial charge is 0.391 e. The SMILES string of the molecule is N#CCC#Cc1ccc(CO)s1. The van der Waals surface area contributed by atoms with E-state index in [4.69, 9.17) is 10.4 Å². The van der Waals surface area contributed by atoms with Gasteiger partial charge in [0.25, 0.3) is 0 Å². The number of aliphatic hydroxyl groups excluding tert-OH is 1. The molecule has 0 saturated heterocycles. The van der Waals surface area contributed by atoms with Gasteiger partial charge in [-0.3, -0.25) is 0 Å². The maximum absolute atomic E-state index is 8.73. The predicted octanol–water partition coefficient (Wildman–Crippen LogP) is 1.51. The lowest BCUT2D eigenvalue weighted by atomic mass is 10.4. The molecule has 0 aromatic carbocycles. The third kappa shape index (κ3) is 2.39. The van der Waals surface area contributed by atoms with Crippen LogP contribution in [0.15, 0.2) is 12.1 Å². The Labute approximate surface area is 75.1 Å². The topological polar surface area (TPSA) is 44.0 Å². The fraction of sp³-hybridized carbons (Fsp3) is 0.222. The van der Waals surface area contributed by atoms with Crippen LogP contribution in [0.25, 0.3) is 0 Å². The van der Waals surface area contributed by atoms with Gasteiger partial charge >= 0.3 is 0 Å². The minimum Gasteiger partial charge on any atom is -0.391 e. The summed E-state index contributed by atoms with van der Waals surface area (Å²) in [5.74, 6) is 5.54. The van der Waals surface area contributed by atoms with Crippen LogP contribution in [0.2, 0.25) is 0 Å². The predicted molar refractivity (Wildman–Crippen MR) is 47.3 cm³/mol. The monoisotopic (exact) mass is 177 g/mol. The molecule has 60 valence electrons. The maximum Gasteiger partial charge on any atom is 0.0966 e. The smallest absolute Gasteiger partial charge is 0.0966 e. The average molecular weight is 177 g/mol. The van der Waals surface area contributed by atoms with E-state index >= 15 is 0 Å². The van der Waals surface area contributed by atoms with E-state index in [2.05, 4.69) is 11.8 Å². The van der Waals surface area contributed by atoms with E-state index in [-0.39, 0.29) is 13.0 Å². The summed E-state index contributed by atoms with van der Waals surface area (Å²) in [4.78, 5) is 1.80. The Kier molecular flexibility index (Phi) is 3.35. The van der Waals surface area contributed by atoms with Gasteiger partial charge in [0.2, 0.25) is 0 Å². The molecule has 0 spiro atoms. The fourth-order valence-corrected chi connectivity index (χ4v) is 1.44. The molecule has 1 rings (SSSR count). The molecule has 0 atom stereocenters. The Bertz CT molecular complexity index is 351. The normalized spacial score (nSPS) is 8.33. The van der Waals surface area contributed by atoms with E-state index in [0.717, 1.165) is 9.75 Å². The standard InChI is InChI=1S/C9H7NOS/c10-6-2-1-3-8-4-5-9(7-11)12-8/h4-5,11H,2,7H2. The summed E-state index contributed by atoms with van der Waals surface area (Å²) < 4.78 is 0. The molecule has 3 heteroatoms. The quantitative estimate of drug-likeness (QED) is 0.661. The second-order valence-corrected chi connectivity index (χ2v) is 3.23. The van der Waals surface area contributed by atoms with E-state index in [9.17, 15) is 0 Å². The fourth-order valence-electron chi connectivity index (χ4n) is 0.701. The van der Waals surface area contributed by atoms with Crippen LogP contribution in [0, 0.1) is 23.2 Å². The molecule has 0 aliphatic heterocycles. The van der Waals surface area contributed by atoms with E-state index in [0.29, 0.717) is 0 Å². The number of nitrogens with zero attached hydrogens (tertiary/aromatic N) is 1. The van der Waals surface area contributed by atoms with Gasteiger partial charge in [-0.05, 0) is 12.1 Å². The minimum atomic E-state index is 0.0601. The van der Waals surface area contributed by atoms with E-state index in [1.54, 1.807) is 0 Å². The zero-order valence-electron chi connectivity index (χ0n) is 6.37. The van der Waals surface area contributed by atoms with Crippen molar-refractivity contribution in [1.29, 1.82) is 5.26 Å². The van der Waals surface area contributed by atoms with Crippen molar-refractivity contribution in [3.63, 3.8) is 0 Å². The van der Waals surface area contributed by atoms with E-state index in [1.165, 1.54) is 11.3 Å². The van der Waals surface area contributed by atoms with Crippen molar-refractivity contribution in [3.05, 3.63) is 21.9 Å². The lowest BCUT2D eigenvalue weighted by molar-refractivity contribution is 0.285. The van der Waals surface area contributed by atoms with Gasteiger partial charge in [-0.2, -0.15) is 5.26 Å². The Morgan fingerprint density at radius 1 is 1.50 bits per heavy atom. The first-order chi connectivity index (χ1) is 5.86. The number of hydrogen-bond acceptors (Lipinski definition) is 3. The Morgan fingerprint density at radius 3 is 2.92 bits per heavy atom. The second kappa shape index (κ2) is 4.56. The van der Waals surface area contributed by atoms with Crippen LogP contribution in [-0.4, -0.2) is 5.11 Å². The minimum absolute atomic E-state index is 0.0601. The number of rotatable bonds is 1. The zero-order valence-corrected chi connectivity index (χ0v) is 7.19. The molecule has 1 N–H and O–H groups in total. The van der Waals surface area contributed by atoms with Crippen molar-refractivity contribution >= 4 is 11.3 Å². The molecule has 0 bridgehead atoms. The number of hydrogen-bond donors (Lipinski definition) is 1. The average Bonchev–Trinajstić information content (AvgIpc) is 2.53. The summed E-state index contributed by atoms with van der Waals surface area (Å²) >= 11 is 1.45. The van der Waals surface area contributed by atoms with Gasteiger partial charge in [0.1, 0.15) is 0 Å². The highest BCUT2D eigenvalue weighted by Crippen LogP contribution is 2.14. The van der Waals surface area contributed by atoms with Crippen molar-refractivity contribution < 1.29 is 5.11 Å².